The first-order valence-corrected chi connectivity index (χ1v) is 8.58. The predicted octanol–water partition coefficient (Wildman–Crippen LogP) is 4.72. The molecule has 2 aromatic rings. The number of hydrogen-bond acceptors (Lipinski definition) is 4. The zero-order chi connectivity index (χ0) is 15.0. The van der Waals surface area contributed by atoms with Crippen molar-refractivity contribution in [2.45, 2.75) is 19.4 Å². The molecule has 0 amide bonds. The second-order valence-electron chi connectivity index (χ2n) is 4.88. The zero-order valence-electron chi connectivity index (χ0n) is 11.4. The van der Waals surface area contributed by atoms with Crippen LogP contribution in [0.25, 0.3) is 0 Å². The summed E-state index contributed by atoms with van der Waals surface area (Å²) in [6.07, 6.45) is 0.0611. The molecule has 6 heteroatoms. The Morgan fingerprint density at radius 3 is 2.52 bits per heavy atom. The minimum absolute atomic E-state index is 0.480. The van der Waals surface area contributed by atoms with E-state index in [0.717, 1.165) is 20.6 Å². The van der Waals surface area contributed by atoms with Crippen LogP contribution in [-0.2, 0) is 0 Å². The van der Waals surface area contributed by atoms with E-state index in [0.29, 0.717) is 35.3 Å². The Labute approximate surface area is 140 Å². The van der Waals surface area contributed by atoms with Crippen molar-refractivity contribution in [3.8, 4) is 11.5 Å². The number of halogens is 2. The molecule has 2 heterocycles. The van der Waals surface area contributed by atoms with Crippen molar-refractivity contribution >= 4 is 38.9 Å². The zero-order valence-corrected chi connectivity index (χ0v) is 14.5. The van der Waals surface area contributed by atoms with Crippen LogP contribution in [0.5, 0.6) is 11.5 Å². The fourth-order valence-corrected chi connectivity index (χ4v) is 4.01. The first kappa shape index (κ1) is 15.2. The monoisotopic (exact) mass is 388 g/mol. The number of hydrogen-bond donors (Lipinski definition) is 1. The molecule has 0 radical (unpaired) electrons. The lowest BCUT2D eigenvalue weighted by molar-refractivity contribution is 0.223. The average molecular weight is 390 g/mol. The Kier molecular flexibility index (Phi) is 4.45. The van der Waals surface area contributed by atoms with Crippen molar-refractivity contribution < 1.29 is 14.6 Å². The molecule has 1 aliphatic heterocycles. The molecule has 0 aliphatic carbocycles. The fourth-order valence-electron chi connectivity index (χ4n) is 2.18. The Balaban J connectivity index is 1.99. The molecule has 0 bridgehead atoms. The minimum atomic E-state index is -0.773. The summed E-state index contributed by atoms with van der Waals surface area (Å²) in [4.78, 5) is 0.843. The van der Waals surface area contributed by atoms with Gasteiger partial charge in [0.05, 0.1) is 22.0 Å². The highest BCUT2D eigenvalue weighted by atomic mass is 79.9. The van der Waals surface area contributed by atoms with E-state index in [-0.39, 0.29) is 0 Å². The second-order valence-corrected chi connectivity index (χ2v) is 7.69. The maximum absolute atomic E-state index is 10.6. The summed E-state index contributed by atoms with van der Waals surface area (Å²) in [7, 11) is 0. The SMILES string of the molecule is Cc1cc(C(O)c2cc3c(cc2Cl)OCCCO3)sc1Br. The van der Waals surface area contributed by atoms with Gasteiger partial charge in [0.1, 0.15) is 6.10 Å². The molecule has 3 rings (SSSR count). The molecule has 0 saturated heterocycles. The molecule has 1 unspecified atom stereocenters. The van der Waals surface area contributed by atoms with Crippen molar-refractivity contribution in [3.63, 3.8) is 0 Å². The number of rotatable bonds is 2. The van der Waals surface area contributed by atoms with Crippen molar-refractivity contribution in [1.82, 2.24) is 0 Å². The molecular formula is C15H14BrClO3S. The molecule has 0 spiro atoms. The van der Waals surface area contributed by atoms with Crippen molar-refractivity contribution in [2.75, 3.05) is 13.2 Å². The standard InChI is InChI=1S/C15H14BrClO3S/c1-8-5-13(21-15(8)16)14(18)9-6-11-12(7-10(9)17)20-4-2-3-19-11/h5-7,14,18H,2-4H2,1H3. The second kappa shape index (κ2) is 6.16. The summed E-state index contributed by atoms with van der Waals surface area (Å²) >= 11 is 11.3. The van der Waals surface area contributed by atoms with Crippen molar-refractivity contribution in [1.29, 1.82) is 0 Å². The Bertz CT molecular complexity index is 652. The summed E-state index contributed by atoms with van der Waals surface area (Å²) in [5.74, 6) is 1.27. The number of benzene rings is 1. The van der Waals surface area contributed by atoms with Crippen molar-refractivity contribution in [2.24, 2.45) is 0 Å². The first-order chi connectivity index (χ1) is 10.1. The average Bonchev–Trinajstić information content (AvgIpc) is 2.66. The molecule has 0 fully saturated rings. The van der Waals surface area contributed by atoms with E-state index in [9.17, 15) is 5.11 Å². The van der Waals surface area contributed by atoms with E-state index in [1.54, 1.807) is 12.1 Å². The molecule has 1 N–H and O–H groups in total. The number of thiophene rings is 1. The van der Waals surface area contributed by atoms with E-state index >= 15 is 0 Å². The Morgan fingerprint density at radius 1 is 1.24 bits per heavy atom. The van der Waals surface area contributed by atoms with Crippen LogP contribution in [0, 0.1) is 6.92 Å². The summed E-state index contributed by atoms with van der Waals surface area (Å²) in [5, 5.41) is 11.1. The lowest BCUT2D eigenvalue weighted by atomic mass is 10.1. The number of aliphatic hydroxyl groups is 1. The lowest BCUT2D eigenvalue weighted by Gasteiger charge is -2.15. The van der Waals surface area contributed by atoms with E-state index < -0.39 is 6.10 Å². The van der Waals surface area contributed by atoms with Crippen LogP contribution >= 0.6 is 38.9 Å². The number of aryl methyl sites for hydroxylation is 1. The van der Waals surface area contributed by atoms with Crippen LogP contribution in [0.2, 0.25) is 5.02 Å². The van der Waals surface area contributed by atoms with Gasteiger partial charge < -0.3 is 14.6 Å². The van der Waals surface area contributed by atoms with Gasteiger partial charge in [-0.1, -0.05) is 11.6 Å². The molecular weight excluding hydrogens is 376 g/mol. The quantitative estimate of drug-likeness (QED) is 0.808. The Morgan fingerprint density at radius 2 is 1.90 bits per heavy atom. The highest BCUT2D eigenvalue weighted by Gasteiger charge is 2.21. The summed E-state index contributed by atoms with van der Waals surface area (Å²) < 4.78 is 12.3. The maximum atomic E-state index is 10.6. The van der Waals surface area contributed by atoms with Gasteiger partial charge in [-0.05, 0) is 40.5 Å². The van der Waals surface area contributed by atoms with Gasteiger partial charge in [-0.2, -0.15) is 0 Å². The predicted molar refractivity (Wildman–Crippen MR) is 87.9 cm³/mol. The van der Waals surface area contributed by atoms with Gasteiger partial charge in [-0.3, -0.25) is 0 Å². The molecule has 1 aromatic carbocycles. The number of aliphatic hydroxyl groups excluding tert-OH is 1. The van der Waals surface area contributed by atoms with Crippen LogP contribution in [-0.4, -0.2) is 18.3 Å². The van der Waals surface area contributed by atoms with Crippen LogP contribution in [0.15, 0.2) is 22.0 Å². The molecule has 1 aliphatic rings. The van der Waals surface area contributed by atoms with Crippen molar-refractivity contribution in [3.05, 3.63) is 43.0 Å². The van der Waals surface area contributed by atoms with Gasteiger partial charge in [-0.15, -0.1) is 11.3 Å². The minimum Gasteiger partial charge on any atom is -0.490 e. The van der Waals surface area contributed by atoms with E-state index in [1.807, 2.05) is 13.0 Å². The Hall–Kier alpha value is -0.750. The van der Waals surface area contributed by atoms with Gasteiger partial charge in [0, 0.05) is 22.9 Å². The highest BCUT2D eigenvalue weighted by Crippen LogP contribution is 2.41. The molecule has 1 aromatic heterocycles. The normalized spacial score (nSPS) is 15.6. The van der Waals surface area contributed by atoms with E-state index in [4.69, 9.17) is 21.1 Å². The smallest absolute Gasteiger partial charge is 0.162 e. The van der Waals surface area contributed by atoms with Gasteiger partial charge >= 0.3 is 0 Å². The van der Waals surface area contributed by atoms with Gasteiger partial charge in [-0.25, -0.2) is 0 Å². The third-order valence-electron chi connectivity index (χ3n) is 3.31. The lowest BCUT2D eigenvalue weighted by Crippen LogP contribution is -2.00. The fraction of sp³-hybridized carbons (Fsp3) is 0.333. The molecule has 1 atom stereocenters. The highest BCUT2D eigenvalue weighted by molar-refractivity contribution is 9.11. The molecule has 112 valence electrons. The van der Waals surface area contributed by atoms with Crippen LogP contribution in [0.4, 0.5) is 0 Å². The summed E-state index contributed by atoms with van der Waals surface area (Å²) in [6.45, 7) is 3.21. The molecule has 3 nitrogen and oxygen atoms in total. The summed E-state index contributed by atoms with van der Waals surface area (Å²) in [5.41, 5.74) is 1.73. The number of ether oxygens (including phenoxy) is 2. The third-order valence-corrected chi connectivity index (χ3v) is 5.82. The van der Waals surface area contributed by atoms with Gasteiger partial charge in [0.25, 0.3) is 0 Å². The third kappa shape index (κ3) is 3.06. The van der Waals surface area contributed by atoms with E-state index in [1.165, 1.54) is 11.3 Å². The first-order valence-electron chi connectivity index (χ1n) is 6.59. The summed E-state index contributed by atoms with van der Waals surface area (Å²) in [6, 6.07) is 5.45. The van der Waals surface area contributed by atoms with Gasteiger partial charge in [0.15, 0.2) is 11.5 Å². The largest absolute Gasteiger partial charge is 0.490 e. The number of fused-ring (bicyclic) bond motifs is 1. The topological polar surface area (TPSA) is 38.7 Å². The maximum Gasteiger partial charge on any atom is 0.162 e. The van der Waals surface area contributed by atoms with Crippen LogP contribution in [0.3, 0.4) is 0 Å². The van der Waals surface area contributed by atoms with Gasteiger partial charge in [0.2, 0.25) is 0 Å². The van der Waals surface area contributed by atoms with E-state index in [2.05, 4.69) is 15.9 Å². The van der Waals surface area contributed by atoms with Crippen LogP contribution < -0.4 is 9.47 Å². The van der Waals surface area contributed by atoms with Crippen LogP contribution in [0.1, 0.15) is 28.5 Å². The molecule has 0 saturated carbocycles. The molecule has 21 heavy (non-hydrogen) atoms.